The summed E-state index contributed by atoms with van der Waals surface area (Å²) >= 11 is 6.19. The number of benzene rings is 2. The predicted molar refractivity (Wildman–Crippen MR) is 119 cm³/mol. The maximum Gasteiger partial charge on any atom is 0.416 e. The number of rotatable bonds is 7. The summed E-state index contributed by atoms with van der Waals surface area (Å²) < 4.78 is 67.9. The van der Waals surface area contributed by atoms with E-state index in [2.05, 4.69) is 10.3 Å². The minimum atomic E-state index is -4.72. The number of anilines is 2. The summed E-state index contributed by atoms with van der Waals surface area (Å²) in [4.78, 5) is 15.5. The summed E-state index contributed by atoms with van der Waals surface area (Å²) in [5.41, 5.74) is -0.975. The molecule has 2 aromatic carbocycles. The Balaban J connectivity index is 2.20. The van der Waals surface area contributed by atoms with Gasteiger partial charge in [0.2, 0.25) is 5.91 Å². The average Bonchev–Trinajstić information content (AvgIpc) is 2.79. The van der Waals surface area contributed by atoms with Crippen molar-refractivity contribution in [3.8, 4) is 0 Å². The molecule has 33 heavy (non-hydrogen) atoms. The van der Waals surface area contributed by atoms with Crippen LogP contribution in [0.25, 0.3) is 0 Å². The van der Waals surface area contributed by atoms with Crippen molar-refractivity contribution in [2.45, 2.75) is 31.0 Å². The maximum absolute atomic E-state index is 13.5. The van der Waals surface area contributed by atoms with Gasteiger partial charge in [-0.05, 0) is 48.0 Å². The quantitative estimate of drug-likeness (QED) is 0.480. The number of aromatic nitrogens is 1. The molecule has 0 bridgehead atoms. The highest BCUT2D eigenvalue weighted by atomic mass is 35.5. The molecule has 174 valence electrons. The summed E-state index contributed by atoms with van der Waals surface area (Å²) in [5.74, 6) is -0.397. The van der Waals surface area contributed by atoms with Crippen LogP contribution in [0, 0.1) is 0 Å². The Morgan fingerprint density at radius 1 is 1.09 bits per heavy atom. The van der Waals surface area contributed by atoms with Crippen molar-refractivity contribution in [2.24, 2.45) is 0 Å². The monoisotopic (exact) mass is 497 g/mol. The van der Waals surface area contributed by atoms with E-state index in [-0.39, 0.29) is 34.6 Å². The smallest absolute Gasteiger partial charge is 0.352 e. The molecule has 0 aliphatic heterocycles. The predicted octanol–water partition coefficient (Wildman–Crippen LogP) is 5.31. The molecule has 6 nitrogen and oxygen atoms in total. The van der Waals surface area contributed by atoms with Crippen LogP contribution in [-0.2, 0) is 27.5 Å². The van der Waals surface area contributed by atoms with E-state index in [1.54, 1.807) is 19.1 Å². The first-order valence-corrected chi connectivity index (χ1v) is 11.5. The average molecular weight is 498 g/mol. The Kier molecular flexibility index (Phi) is 7.28. The van der Waals surface area contributed by atoms with Crippen molar-refractivity contribution in [1.82, 2.24) is 10.3 Å². The van der Waals surface area contributed by atoms with E-state index in [9.17, 15) is 26.4 Å². The molecule has 11 heteroatoms. The molecule has 1 aromatic heterocycles. The Hall–Kier alpha value is -3.11. The van der Waals surface area contributed by atoms with E-state index in [0.29, 0.717) is 15.9 Å². The number of alkyl halides is 3. The number of amides is 1. The fourth-order valence-corrected chi connectivity index (χ4v) is 4.65. The van der Waals surface area contributed by atoms with Gasteiger partial charge >= 0.3 is 6.18 Å². The van der Waals surface area contributed by atoms with Crippen molar-refractivity contribution < 1.29 is 26.4 Å². The minimum absolute atomic E-state index is 0.0811. The molecule has 0 aliphatic carbocycles. The molecule has 3 rings (SSSR count). The van der Waals surface area contributed by atoms with Crippen LogP contribution in [0.3, 0.4) is 0 Å². The highest BCUT2D eigenvalue weighted by molar-refractivity contribution is 7.93. The number of hydrogen-bond acceptors (Lipinski definition) is 4. The molecule has 0 saturated heterocycles. The normalized spacial score (nSPS) is 11.8. The molecule has 0 spiro atoms. The summed E-state index contributed by atoms with van der Waals surface area (Å²) in [5, 5.41) is 2.44. The lowest BCUT2D eigenvalue weighted by Crippen LogP contribution is -2.28. The van der Waals surface area contributed by atoms with Gasteiger partial charge in [-0.3, -0.25) is 4.79 Å². The van der Waals surface area contributed by atoms with Gasteiger partial charge in [-0.1, -0.05) is 36.7 Å². The van der Waals surface area contributed by atoms with E-state index >= 15 is 0 Å². The third kappa shape index (κ3) is 5.63. The SMILES string of the molecule is CCC(=O)NCc1ccnc(N(c2cc(C(F)(F)F)ccc2Cl)S(=O)(=O)c2ccccc2)c1. The number of halogens is 4. The summed E-state index contributed by atoms with van der Waals surface area (Å²) in [6.45, 7) is 1.76. The van der Waals surface area contributed by atoms with Crippen LogP contribution in [0.5, 0.6) is 0 Å². The fraction of sp³-hybridized carbons (Fsp3) is 0.182. The molecule has 0 radical (unpaired) electrons. The fourth-order valence-electron chi connectivity index (χ4n) is 2.93. The number of nitrogens with zero attached hydrogens (tertiary/aromatic N) is 2. The Bertz CT molecular complexity index is 1250. The molecule has 0 unspecified atom stereocenters. The standard InChI is InChI=1S/C22H19ClF3N3O3S/c1-2-21(30)28-14-15-10-11-27-20(12-15)29(33(31,32)17-6-4-3-5-7-17)19-13-16(22(24,25)26)8-9-18(19)23/h3-13H,2,14H2,1H3,(H,28,30). The molecule has 0 aliphatic rings. The lowest BCUT2D eigenvalue weighted by molar-refractivity contribution is -0.137. The first kappa shape index (κ1) is 24.5. The van der Waals surface area contributed by atoms with Crippen LogP contribution in [0.4, 0.5) is 24.7 Å². The molecule has 1 heterocycles. The van der Waals surface area contributed by atoms with Crippen molar-refractivity contribution in [1.29, 1.82) is 0 Å². The van der Waals surface area contributed by atoms with Gasteiger partial charge in [0.25, 0.3) is 10.0 Å². The van der Waals surface area contributed by atoms with E-state index < -0.39 is 27.5 Å². The number of hydrogen-bond donors (Lipinski definition) is 1. The zero-order valence-electron chi connectivity index (χ0n) is 17.3. The lowest BCUT2D eigenvalue weighted by Gasteiger charge is -2.25. The number of carbonyl (C=O) groups excluding carboxylic acids is 1. The second-order valence-corrected chi connectivity index (χ2v) is 9.09. The van der Waals surface area contributed by atoms with Crippen LogP contribution in [-0.4, -0.2) is 19.3 Å². The van der Waals surface area contributed by atoms with Crippen LogP contribution in [0.15, 0.2) is 71.8 Å². The Labute approximate surface area is 194 Å². The molecule has 3 aromatic rings. The van der Waals surface area contributed by atoms with Crippen LogP contribution in [0.2, 0.25) is 5.02 Å². The number of nitrogens with one attached hydrogen (secondary N) is 1. The molecule has 0 atom stereocenters. The second kappa shape index (κ2) is 9.80. The van der Waals surface area contributed by atoms with Gasteiger partial charge in [0.1, 0.15) is 5.82 Å². The van der Waals surface area contributed by atoms with Gasteiger partial charge in [-0.15, -0.1) is 0 Å². The van der Waals surface area contributed by atoms with Crippen LogP contribution < -0.4 is 9.62 Å². The van der Waals surface area contributed by atoms with Crippen molar-refractivity contribution in [3.05, 3.63) is 83.0 Å². The zero-order chi connectivity index (χ0) is 24.2. The third-order valence-electron chi connectivity index (χ3n) is 4.60. The molecular weight excluding hydrogens is 479 g/mol. The minimum Gasteiger partial charge on any atom is -0.352 e. The molecule has 1 N–H and O–H groups in total. The van der Waals surface area contributed by atoms with Gasteiger partial charge in [0, 0.05) is 19.2 Å². The topological polar surface area (TPSA) is 79.4 Å². The highest BCUT2D eigenvalue weighted by Gasteiger charge is 2.35. The first-order valence-electron chi connectivity index (χ1n) is 9.72. The lowest BCUT2D eigenvalue weighted by atomic mass is 10.2. The Morgan fingerprint density at radius 3 is 2.42 bits per heavy atom. The van der Waals surface area contributed by atoms with E-state index in [1.807, 2.05) is 0 Å². The van der Waals surface area contributed by atoms with Crippen molar-refractivity contribution >= 4 is 39.0 Å². The second-order valence-electron chi connectivity index (χ2n) is 6.90. The largest absolute Gasteiger partial charge is 0.416 e. The highest BCUT2D eigenvalue weighted by Crippen LogP contribution is 2.40. The molecule has 0 saturated carbocycles. The number of carbonyl (C=O) groups is 1. The van der Waals surface area contributed by atoms with Crippen LogP contribution in [0.1, 0.15) is 24.5 Å². The maximum atomic E-state index is 13.5. The van der Waals surface area contributed by atoms with Gasteiger partial charge in [-0.2, -0.15) is 13.2 Å². The van der Waals surface area contributed by atoms with Crippen molar-refractivity contribution in [2.75, 3.05) is 4.31 Å². The first-order chi connectivity index (χ1) is 15.5. The number of pyridine rings is 1. The van der Waals surface area contributed by atoms with Gasteiger partial charge < -0.3 is 5.32 Å². The number of sulfonamides is 1. The van der Waals surface area contributed by atoms with E-state index in [0.717, 1.165) is 12.1 Å². The zero-order valence-corrected chi connectivity index (χ0v) is 18.9. The van der Waals surface area contributed by atoms with Gasteiger partial charge in [-0.25, -0.2) is 17.7 Å². The third-order valence-corrected chi connectivity index (χ3v) is 6.65. The Morgan fingerprint density at radius 2 is 1.79 bits per heavy atom. The van der Waals surface area contributed by atoms with Crippen molar-refractivity contribution in [3.63, 3.8) is 0 Å². The van der Waals surface area contributed by atoms with Gasteiger partial charge in [0.05, 0.1) is 21.2 Å². The van der Waals surface area contributed by atoms with E-state index in [4.69, 9.17) is 11.6 Å². The van der Waals surface area contributed by atoms with Gasteiger partial charge in [0.15, 0.2) is 0 Å². The van der Waals surface area contributed by atoms with E-state index in [1.165, 1.54) is 36.5 Å². The summed E-state index contributed by atoms with van der Waals surface area (Å²) in [7, 11) is -4.41. The summed E-state index contributed by atoms with van der Waals surface area (Å²) in [6, 6.07) is 12.6. The molecular formula is C22H19ClF3N3O3S. The molecule has 1 amide bonds. The van der Waals surface area contributed by atoms with Crippen LogP contribution >= 0.6 is 11.6 Å². The summed E-state index contributed by atoms with van der Waals surface area (Å²) in [6.07, 6.45) is -3.16. The molecule has 0 fully saturated rings.